The minimum Gasteiger partial charge on any atom is -0.366 e. The molecule has 0 saturated heterocycles. The van der Waals surface area contributed by atoms with Gasteiger partial charge in [-0.05, 0) is 24.1 Å². The molecule has 0 heterocycles. The third kappa shape index (κ3) is 1.80. The molecule has 1 aromatic rings. The Kier molecular flexibility index (Phi) is 2.76. The van der Waals surface area contributed by atoms with Crippen LogP contribution in [0.4, 0.5) is 0 Å². The zero-order valence-electron chi connectivity index (χ0n) is 6.87. The van der Waals surface area contributed by atoms with Gasteiger partial charge >= 0.3 is 0 Å². The lowest BCUT2D eigenvalue weighted by Crippen LogP contribution is -2.12. The maximum absolute atomic E-state index is 10.9. The summed E-state index contributed by atoms with van der Waals surface area (Å²) in [6, 6.07) is 5.52. The van der Waals surface area contributed by atoms with Crippen LogP contribution >= 0.6 is 12.6 Å². The molecule has 0 fully saturated rings. The molecule has 0 saturated carbocycles. The van der Waals surface area contributed by atoms with Crippen molar-refractivity contribution in [1.82, 2.24) is 0 Å². The summed E-state index contributed by atoms with van der Waals surface area (Å²) in [7, 11) is 0. The number of nitrogens with two attached hydrogens (primary N) is 1. The molecule has 0 atom stereocenters. The molecule has 3 heteroatoms. The quantitative estimate of drug-likeness (QED) is 0.669. The van der Waals surface area contributed by atoms with E-state index in [2.05, 4.69) is 12.6 Å². The van der Waals surface area contributed by atoms with Gasteiger partial charge in [-0.1, -0.05) is 13.0 Å². The van der Waals surface area contributed by atoms with Crippen molar-refractivity contribution >= 4 is 18.5 Å². The van der Waals surface area contributed by atoms with E-state index in [9.17, 15) is 4.79 Å². The number of hydrogen-bond acceptors (Lipinski definition) is 2. The molecule has 1 aromatic carbocycles. The topological polar surface area (TPSA) is 43.1 Å². The zero-order chi connectivity index (χ0) is 9.14. The van der Waals surface area contributed by atoms with Crippen molar-refractivity contribution in [3.05, 3.63) is 29.3 Å². The van der Waals surface area contributed by atoms with Gasteiger partial charge in [0.25, 0.3) is 0 Å². The number of carbonyl (C=O) groups excluding carboxylic acids is 1. The number of amides is 1. The van der Waals surface area contributed by atoms with Crippen LogP contribution in [0.25, 0.3) is 0 Å². The Morgan fingerprint density at radius 3 is 2.75 bits per heavy atom. The van der Waals surface area contributed by atoms with Crippen LogP contribution in [0.2, 0.25) is 0 Å². The van der Waals surface area contributed by atoms with Crippen LogP contribution in [-0.2, 0) is 6.42 Å². The van der Waals surface area contributed by atoms with Crippen LogP contribution in [0.5, 0.6) is 0 Å². The summed E-state index contributed by atoms with van der Waals surface area (Å²) >= 11 is 4.12. The first-order valence-corrected chi connectivity index (χ1v) is 4.21. The minimum absolute atomic E-state index is 0.421. The van der Waals surface area contributed by atoms with Crippen molar-refractivity contribution in [2.45, 2.75) is 18.2 Å². The highest BCUT2D eigenvalue weighted by atomic mass is 32.1. The second-order valence-corrected chi connectivity index (χ2v) is 3.05. The molecule has 1 amide bonds. The predicted octanol–water partition coefficient (Wildman–Crippen LogP) is 1.64. The molecule has 64 valence electrons. The van der Waals surface area contributed by atoms with E-state index in [0.717, 1.165) is 12.0 Å². The Labute approximate surface area is 77.2 Å². The van der Waals surface area contributed by atoms with Crippen molar-refractivity contribution in [3.8, 4) is 0 Å². The Balaban J connectivity index is 3.17. The molecule has 2 N–H and O–H groups in total. The average Bonchev–Trinajstić information content (AvgIpc) is 2.05. The number of hydrogen-bond donors (Lipinski definition) is 2. The summed E-state index contributed by atoms with van der Waals surface area (Å²) in [5.41, 5.74) is 6.75. The van der Waals surface area contributed by atoms with E-state index in [1.807, 2.05) is 13.0 Å². The molecule has 0 aromatic heterocycles. The molecule has 12 heavy (non-hydrogen) atoms. The van der Waals surface area contributed by atoms with E-state index in [1.54, 1.807) is 12.1 Å². The number of rotatable bonds is 2. The molecule has 2 nitrogen and oxygen atoms in total. The number of aryl methyl sites for hydroxylation is 1. The van der Waals surface area contributed by atoms with Gasteiger partial charge in [-0.2, -0.15) is 0 Å². The van der Waals surface area contributed by atoms with Crippen LogP contribution in [0.1, 0.15) is 22.8 Å². The van der Waals surface area contributed by atoms with E-state index in [4.69, 9.17) is 5.73 Å². The van der Waals surface area contributed by atoms with Gasteiger partial charge in [0.05, 0.1) is 5.56 Å². The van der Waals surface area contributed by atoms with Gasteiger partial charge in [-0.25, -0.2) is 0 Å². The maximum atomic E-state index is 10.9. The second kappa shape index (κ2) is 3.63. The summed E-state index contributed by atoms with van der Waals surface area (Å²) in [5.74, 6) is -0.421. The van der Waals surface area contributed by atoms with E-state index in [-0.39, 0.29) is 0 Å². The van der Waals surface area contributed by atoms with Crippen LogP contribution in [0.3, 0.4) is 0 Å². The van der Waals surface area contributed by atoms with Gasteiger partial charge in [0.1, 0.15) is 0 Å². The third-order valence-corrected chi connectivity index (χ3v) is 2.12. The van der Waals surface area contributed by atoms with Crippen molar-refractivity contribution in [2.75, 3.05) is 0 Å². The first kappa shape index (κ1) is 9.13. The van der Waals surface area contributed by atoms with Gasteiger partial charge < -0.3 is 5.73 Å². The molecular formula is C9H11NOS. The highest BCUT2D eigenvalue weighted by Crippen LogP contribution is 2.15. The Morgan fingerprint density at radius 2 is 2.25 bits per heavy atom. The zero-order valence-corrected chi connectivity index (χ0v) is 7.77. The fraction of sp³-hybridized carbons (Fsp3) is 0.222. The fourth-order valence-electron chi connectivity index (χ4n) is 1.00. The van der Waals surface area contributed by atoms with Gasteiger partial charge in [-0.15, -0.1) is 12.6 Å². The number of carbonyl (C=O) groups is 1. The molecule has 0 aliphatic rings. The summed E-state index contributed by atoms with van der Waals surface area (Å²) in [6.07, 6.45) is 0.897. The molecule has 0 bridgehead atoms. The number of benzene rings is 1. The first-order chi connectivity index (χ1) is 5.65. The smallest absolute Gasteiger partial charge is 0.249 e. The second-order valence-electron chi connectivity index (χ2n) is 2.57. The Hall–Kier alpha value is -0.960. The fourth-order valence-corrected chi connectivity index (χ4v) is 1.25. The van der Waals surface area contributed by atoms with E-state index < -0.39 is 5.91 Å². The molecule has 1 rings (SSSR count). The Morgan fingerprint density at radius 1 is 1.58 bits per heavy atom. The monoisotopic (exact) mass is 181 g/mol. The predicted molar refractivity (Wildman–Crippen MR) is 51.6 cm³/mol. The normalized spacial score (nSPS) is 9.83. The molecule has 0 radical (unpaired) electrons. The SMILES string of the molecule is CCc1ccc(S)c(C(N)=O)c1. The molecular weight excluding hydrogens is 170 g/mol. The van der Waals surface area contributed by atoms with Crippen molar-refractivity contribution in [3.63, 3.8) is 0 Å². The highest BCUT2D eigenvalue weighted by molar-refractivity contribution is 7.80. The first-order valence-electron chi connectivity index (χ1n) is 3.77. The maximum Gasteiger partial charge on any atom is 0.249 e. The van der Waals surface area contributed by atoms with Crippen molar-refractivity contribution in [2.24, 2.45) is 5.73 Å². The van der Waals surface area contributed by atoms with Gasteiger partial charge in [0.2, 0.25) is 5.91 Å². The molecule has 0 aliphatic carbocycles. The van der Waals surface area contributed by atoms with Crippen LogP contribution in [0, 0.1) is 0 Å². The van der Waals surface area contributed by atoms with Crippen molar-refractivity contribution in [1.29, 1.82) is 0 Å². The number of primary amides is 1. The summed E-state index contributed by atoms with van der Waals surface area (Å²) < 4.78 is 0. The van der Waals surface area contributed by atoms with Crippen LogP contribution in [0.15, 0.2) is 23.1 Å². The largest absolute Gasteiger partial charge is 0.366 e. The van der Waals surface area contributed by atoms with E-state index in [1.165, 1.54) is 0 Å². The van der Waals surface area contributed by atoms with E-state index in [0.29, 0.717) is 10.5 Å². The number of thiol groups is 1. The summed E-state index contributed by atoms with van der Waals surface area (Å²) in [6.45, 7) is 2.03. The summed E-state index contributed by atoms with van der Waals surface area (Å²) in [5, 5.41) is 0. The lowest BCUT2D eigenvalue weighted by atomic mass is 10.1. The minimum atomic E-state index is -0.421. The Bertz CT molecular complexity index is 309. The molecule has 0 unspecified atom stereocenters. The van der Waals surface area contributed by atoms with Crippen LogP contribution in [-0.4, -0.2) is 5.91 Å². The lowest BCUT2D eigenvalue weighted by Gasteiger charge is -2.02. The van der Waals surface area contributed by atoms with Crippen molar-refractivity contribution < 1.29 is 4.79 Å². The lowest BCUT2D eigenvalue weighted by molar-refractivity contribution is 0.0997. The highest BCUT2D eigenvalue weighted by Gasteiger charge is 2.04. The third-order valence-electron chi connectivity index (χ3n) is 1.73. The van der Waals surface area contributed by atoms with E-state index >= 15 is 0 Å². The summed E-state index contributed by atoms with van der Waals surface area (Å²) in [4.78, 5) is 11.5. The molecule has 0 spiro atoms. The molecule has 0 aliphatic heterocycles. The van der Waals surface area contributed by atoms with Gasteiger partial charge in [-0.3, -0.25) is 4.79 Å². The van der Waals surface area contributed by atoms with Gasteiger partial charge in [0, 0.05) is 4.90 Å². The van der Waals surface area contributed by atoms with Gasteiger partial charge in [0.15, 0.2) is 0 Å². The average molecular weight is 181 g/mol. The van der Waals surface area contributed by atoms with Crippen LogP contribution < -0.4 is 5.73 Å². The standard InChI is InChI=1S/C9H11NOS/c1-2-6-3-4-8(12)7(5-6)9(10)11/h3-5,12H,2H2,1H3,(H2,10,11).